The molecule has 14 heavy (non-hydrogen) atoms. The molecule has 0 bridgehead atoms. The topological polar surface area (TPSA) is 12.0 Å². The fraction of sp³-hybridized carbons (Fsp3) is 0.500. The second kappa shape index (κ2) is 5.11. The summed E-state index contributed by atoms with van der Waals surface area (Å²) in [6.07, 6.45) is 2.21. The van der Waals surface area contributed by atoms with Gasteiger partial charge in [0, 0.05) is 6.04 Å². The summed E-state index contributed by atoms with van der Waals surface area (Å²) < 4.78 is 12.9. The lowest BCUT2D eigenvalue weighted by Gasteiger charge is -2.17. The number of halogens is 1. The van der Waals surface area contributed by atoms with Crippen LogP contribution in [-0.4, -0.2) is 7.05 Å². The fourth-order valence-corrected chi connectivity index (χ4v) is 1.77. The highest BCUT2D eigenvalue weighted by atomic mass is 19.1. The van der Waals surface area contributed by atoms with Crippen LogP contribution in [0, 0.1) is 12.7 Å². The largest absolute Gasteiger partial charge is 0.313 e. The molecule has 0 fully saturated rings. The fourth-order valence-electron chi connectivity index (χ4n) is 1.77. The summed E-state index contributed by atoms with van der Waals surface area (Å²) in [6, 6.07) is 5.35. The number of hydrogen-bond donors (Lipinski definition) is 1. The van der Waals surface area contributed by atoms with Gasteiger partial charge in [0.15, 0.2) is 0 Å². The van der Waals surface area contributed by atoms with Crippen LogP contribution >= 0.6 is 0 Å². The molecular weight excluding hydrogens is 177 g/mol. The van der Waals surface area contributed by atoms with E-state index in [0.717, 1.165) is 18.4 Å². The molecule has 0 radical (unpaired) electrons. The summed E-state index contributed by atoms with van der Waals surface area (Å²) in [5, 5.41) is 3.26. The van der Waals surface area contributed by atoms with E-state index < -0.39 is 0 Å². The van der Waals surface area contributed by atoms with E-state index in [-0.39, 0.29) is 5.82 Å². The van der Waals surface area contributed by atoms with Crippen molar-refractivity contribution in [3.8, 4) is 0 Å². The van der Waals surface area contributed by atoms with Crippen molar-refractivity contribution in [3.05, 3.63) is 35.1 Å². The molecule has 1 aromatic carbocycles. The van der Waals surface area contributed by atoms with Crippen LogP contribution < -0.4 is 5.32 Å². The van der Waals surface area contributed by atoms with Crippen molar-refractivity contribution in [2.24, 2.45) is 0 Å². The third kappa shape index (κ3) is 2.55. The predicted octanol–water partition coefficient (Wildman–Crippen LogP) is 3.19. The number of hydrogen-bond acceptors (Lipinski definition) is 1. The Morgan fingerprint density at radius 3 is 2.64 bits per heavy atom. The zero-order valence-corrected chi connectivity index (χ0v) is 9.10. The van der Waals surface area contributed by atoms with Crippen LogP contribution in [0.15, 0.2) is 18.2 Å². The lowest BCUT2D eigenvalue weighted by molar-refractivity contribution is 0.536. The second-order valence-electron chi connectivity index (χ2n) is 3.63. The molecule has 1 nitrogen and oxygen atoms in total. The van der Waals surface area contributed by atoms with Gasteiger partial charge in [0.05, 0.1) is 0 Å². The Morgan fingerprint density at radius 2 is 2.14 bits per heavy atom. The highest BCUT2D eigenvalue weighted by molar-refractivity contribution is 5.29. The minimum atomic E-state index is -0.155. The van der Waals surface area contributed by atoms with Crippen molar-refractivity contribution in [1.29, 1.82) is 0 Å². The van der Waals surface area contributed by atoms with Crippen LogP contribution in [0.25, 0.3) is 0 Å². The summed E-state index contributed by atoms with van der Waals surface area (Å²) in [6.45, 7) is 4.11. The van der Waals surface area contributed by atoms with Crippen molar-refractivity contribution < 1.29 is 4.39 Å². The lowest BCUT2D eigenvalue weighted by atomic mass is 9.98. The Kier molecular flexibility index (Phi) is 4.08. The lowest BCUT2D eigenvalue weighted by Crippen LogP contribution is -2.17. The van der Waals surface area contributed by atoms with E-state index in [4.69, 9.17) is 0 Å². The summed E-state index contributed by atoms with van der Waals surface area (Å²) in [7, 11) is 1.95. The highest BCUT2D eigenvalue weighted by Gasteiger charge is 2.10. The van der Waals surface area contributed by atoms with Gasteiger partial charge in [-0.05, 0) is 43.7 Å². The van der Waals surface area contributed by atoms with Gasteiger partial charge in [-0.25, -0.2) is 4.39 Å². The number of benzene rings is 1. The zero-order valence-electron chi connectivity index (χ0n) is 9.10. The predicted molar refractivity (Wildman–Crippen MR) is 57.8 cm³/mol. The Morgan fingerprint density at radius 1 is 1.43 bits per heavy atom. The van der Waals surface area contributed by atoms with Gasteiger partial charge >= 0.3 is 0 Å². The first-order valence-electron chi connectivity index (χ1n) is 5.12. The van der Waals surface area contributed by atoms with E-state index in [1.807, 2.05) is 20.0 Å². The quantitative estimate of drug-likeness (QED) is 0.778. The molecule has 0 heterocycles. The molecule has 0 aliphatic carbocycles. The van der Waals surface area contributed by atoms with Gasteiger partial charge in [-0.2, -0.15) is 0 Å². The van der Waals surface area contributed by atoms with Crippen molar-refractivity contribution in [2.75, 3.05) is 7.05 Å². The minimum absolute atomic E-state index is 0.155. The van der Waals surface area contributed by atoms with Gasteiger partial charge in [-0.3, -0.25) is 0 Å². The standard InChI is InChI=1S/C12H18FN/c1-4-5-12(14-3)11-7-6-10(13)8-9(11)2/h6-8,12,14H,4-5H2,1-3H3. The van der Waals surface area contributed by atoms with Gasteiger partial charge in [0.25, 0.3) is 0 Å². The first-order chi connectivity index (χ1) is 6.69. The molecule has 0 saturated carbocycles. The van der Waals surface area contributed by atoms with Crippen molar-refractivity contribution in [1.82, 2.24) is 5.32 Å². The third-order valence-corrected chi connectivity index (χ3v) is 2.53. The molecular formula is C12H18FN. The molecule has 2 heteroatoms. The first kappa shape index (κ1) is 11.2. The van der Waals surface area contributed by atoms with E-state index in [9.17, 15) is 4.39 Å². The van der Waals surface area contributed by atoms with Gasteiger partial charge in [0.2, 0.25) is 0 Å². The van der Waals surface area contributed by atoms with Gasteiger partial charge in [-0.15, -0.1) is 0 Å². The van der Waals surface area contributed by atoms with E-state index in [1.165, 1.54) is 11.6 Å². The van der Waals surface area contributed by atoms with Crippen LogP contribution in [-0.2, 0) is 0 Å². The molecule has 1 unspecified atom stereocenters. The van der Waals surface area contributed by atoms with E-state index in [0.29, 0.717) is 6.04 Å². The molecule has 0 saturated heterocycles. The number of nitrogens with one attached hydrogen (secondary N) is 1. The number of rotatable bonds is 4. The zero-order chi connectivity index (χ0) is 10.6. The molecule has 78 valence electrons. The van der Waals surface area contributed by atoms with Gasteiger partial charge in [0.1, 0.15) is 5.82 Å². The molecule has 0 aliphatic rings. The van der Waals surface area contributed by atoms with Crippen molar-refractivity contribution in [3.63, 3.8) is 0 Å². The van der Waals surface area contributed by atoms with Gasteiger partial charge in [-0.1, -0.05) is 19.4 Å². The molecule has 1 rings (SSSR count). The monoisotopic (exact) mass is 195 g/mol. The maximum Gasteiger partial charge on any atom is 0.123 e. The average Bonchev–Trinajstić information content (AvgIpc) is 2.15. The molecule has 0 spiro atoms. The van der Waals surface area contributed by atoms with Crippen molar-refractivity contribution in [2.45, 2.75) is 32.7 Å². The molecule has 1 aromatic rings. The van der Waals surface area contributed by atoms with Crippen LogP contribution in [0.4, 0.5) is 4.39 Å². The molecule has 0 amide bonds. The Labute approximate surface area is 85.3 Å². The Bertz CT molecular complexity index is 296. The number of aryl methyl sites for hydroxylation is 1. The summed E-state index contributed by atoms with van der Waals surface area (Å²) >= 11 is 0. The maximum atomic E-state index is 12.9. The summed E-state index contributed by atoms with van der Waals surface area (Å²) in [4.78, 5) is 0. The van der Waals surface area contributed by atoms with E-state index in [1.54, 1.807) is 6.07 Å². The maximum absolute atomic E-state index is 12.9. The molecule has 0 aromatic heterocycles. The van der Waals surface area contributed by atoms with Gasteiger partial charge < -0.3 is 5.32 Å². The average molecular weight is 195 g/mol. The van der Waals surface area contributed by atoms with Crippen molar-refractivity contribution >= 4 is 0 Å². The van der Waals surface area contributed by atoms with E-state index >= 15 is 0 Å². The van der Waals surface area contributed by atoms with Crippen LogP contribution in [0.1, 0.15) is 36.9 Å². The second-order valence-corrected chi connectivity index (χ2v) is 3.63. The molecule has 1 N–H and O–H groups in total. The van der Waals surface area contributed by atoms with Crippen LogP contribution in [0.2, 0.25) is 0 Å². The first-order valence-corrected chi connectivity index (χ1v) is 5.12. The van der Waals surface area contributed by atoms with Crippen LogP contribution in [0.5, 0.6) is 0 Å². The third-order valence-electron chi connectivity index (χ3n) is 2.53. The minimum Gasteiger partial charge on any atom is -0.313 e. The van der Waals surface area contributed by atoms with Crippen LogP contribution in [0.3, 0.4) is 0 Å². The smallest absolute Gasteiger partial charge is 0.123 e. The summed E-state index contributed by atoms with van der Waals surface area (Å²) in [5.74, 6) is -0.155. The molecule has 1 atom stereocenters. The normalized spacial score (nSPS) is 12.9. The highest BCUT2D eigenvalue weighted by Crippen LogP contribution is 2.22. The Balaban J connectivity index is 2.92. The summed E-state index contributed by atoms with van der Waals surface area (Å²) in [5.41, 5.74) is 2.23. The van der Waals surface area contributed by atoms with E-state index in [2.05, 4.69) is 12.2 Å². The SMILES string of the molecule is CCCC(NC)c1ccc(F)cc1C. The molecule has 0 aliphatic heterocycles. The Hall–Kier alpha value is -0.890.